The van der Waals surface area contributed by atoms with Crippen molar-refractivity contribution in [2.45, 2.75) is 47.6 Å². The fraction of sp³-hybridized carbons (Fsp3) is 0.533. The van der Waals surface area contributed by atoms with Crippen LogP contribution in [0.25, 0.3) is 0 Å². The van der Waals surface area contributed by atoms with Crippen LogP contribution in [0, 0.1) is 12.3 Å². The molecule has 0 fully saturated rings. The van der Waals surface area contributed by atoms with E-state index in [9.17, 15) is 4.79 Å². The zero-order valence-corrected chi connectivity index (χ0v) is 13.6. The van der Waals surface area contributed by atoms with E-state index in [0.29, 0.717) is 0 Å². The van der Waals surface area contributed by atoms with Crippen molar-refractivity contribution >= 4 is 27.5 Å². The average molecular weight is 312 g/mol. The lowest BCUT2D eigenvalue weighted by atomic mass is 9.93. The Morgan fingerprint density at radius 1 is 1.28 bits per heavy atom. The number of hydrogen-bond acceptors (Lipinski definition) is 1. The van der Waals surface area contributed by atoms with Gasteiger partial charge in [0.2, 0.25) is 5.91 Å². The molecule has 0 aliphatic heterocycles. The molecule has 100 valence electrons. The van der Waals surface area contributed by atoms with Gasteiger partial charge in [0.05, 0.1) is 0 Å². The van der Waals surface area contributed by atoms with Crippen LogP contribution in [0.1, 0.15) is 40.2 Å². The molecule has 0 bridgehead atoms. The molecule has 1 aromatic carbocycles. The summed E-state index contributed by atoms with van der Waals surface area (Å²) in [7, 11) is 0. The van der Waals surface area contributed by atoms with Crippen molar-refractivity contribution in [1.82, 2.24) is 0 Å². The summed E-state index contributed by atoms with van der Waals surface area (Å²) in [5.74, 6) is 0.155. The Bertz CT molecular complexity index is 446. The molecule has 0 aliphatic rings. The summed E-state index contributed by atoms with van der Waals surface area (Å²) in [5.41, 5.74) is 1.73. The van der Waals surface area contributed by atoms with Gasteiger partial charge in [-0.05, 0) is 44.5 Å². The molecule has 0 unspecified atom stereocenters. The first-order chi connectivity index (χ1) is 8.14. The first-order valence-electron chi connectivity index (χ1n) is 6.24. The van der Waals surface area contributed by atoms with Crippen molar-refractivity contribution in [2.24, 2.45) is 5.41 Å². The van der Waals surface area contributed by atoms with Crippen LogP contribution in [-0.2, 0) is 4.79 Å². The number of anilines is 1. The number of aryl methyl sites for hydroxylation is 1. The molecule has 0 aliphatic carbocycles. The third-order valence-corrected chi connectivity index (χ3v) is 3.29. The first kappa shape index (κ1) is 15.2. The van der Waals surface area contributed by atoms with Gasteiger partial charge < -0.3 is 4.90 Å². The molecule has 0 atom stereocenters. The van der Waals surface area contributed by atoms with Gasteiger partial charge in [-0.15, -0.1) is 0 Å². The van der Waals surface area contributed by atoms with Crippen LogP contribution in [0.5, 0.6) is 0 Å². The Balaban J connectivity index is 3.25. The minimum Gasteiger partial charge on any atom is -0.309 e. The first-order valence-corrected chi connectivity index (χ1v) is 7.03. The minimum atomic E-state index is -0.371. The van der Waals surface area contributed by atoms with E-state index in [4.69, 9.17) is 0 Å². The van der Waals surface area contributed by atoms with Gasteiger partial charge >= 0.3 is 0 Å². The third-order valence-electron chi connectivity index (χ3n) is 2.80. The zero-order valence-electron chi connectivity index (χ0n) is 12.0. The number of carbonyl (C=O) groups excluding carboxylic acids is 1. The summed E-state index contributed by atoms with van der Waals surface area (Å²) >= 11 is 3.46. The monoisotopic (exact) mass is 311 g/mol. The highest BCUT2D eigenvalue weighted by atomic mass is 79.9. The van der Waals surface area contributed by atoms with Crippen LogP contribution < -0.4 is 4.90 Å². The Labute approximate surface area is 119 Å². The lowest BCUT2D eigenvalue weighted by Crippen LogP contribution is -2.44. The van der Waals surface area contributed by atoms with Gasteiger partial charge in [-0.3, -0.25) is 4.79 Å². The molecule has 0 spiro atoms. The van der Waals surface area contributed by atoms with Crippen LogP contribution in [0.15, 0.2) is 22.7 Å². The maximum Gasteiger partial charge on any atom is 0.232 e. The summed E-state index contributed by atoms with van der Waals surface area (Å²) in [6.45, 7) is 12.0. The minimum absolute atomic E-state index is 0.150. The topological polar surface area (TPSA) is 20.3 Å². The molecule has 1 amide bonds. The zero-order chi connectivity index (χ0) is 14.1. The second-order valence-corrected chi connectivity index (χ2v) is 6.87. The lowest BCUT2D eigenvalue weighted by Gasteiger charge is -2.33. The van der Waals surface area contributed by atoms with E-state index in [-0.39, 0.29) is 17.4 Å². The molecule has 3 heteroatoms. The van der Waals surface area contributed by atoms with E-state index in [1.54, 1.807) is 0 Å². The fourth-order valence-electron chi connectivity index (χ4n) is 1.87. The third kappa shape index (κ3) is 3.35. The molecular formula is C15H22BrNO. The van der Waals surface area contributed by atoms with E-state index in [1.807, 2.05) is 64.6 Å². The Morgan fingerprint density at radius 2 is 1.83 bits per heavy atom. The van der Waals surface area contributed by atoms with Crippen LogP contribution in [0.4, 0.5) is 5.69 Å². The van der Waals surface area contributed by atoms with Gasteiger partial charge in [-0.1, -0.05) is 36.7 Å². The quantitative estimate of drug-likeness (QED) is 0.785. The second kappa shape index (κ2) is 5.43. The summed E-state index contributed by atoms with van der Waals surface area (Å²) in [6.07, 6.45) is 0. The van der Waals surface area contributed by atoms with Gasteiger partial charge in [-0.25, -0.2) is 0 Å². The van der Waals surface area contributed by atoms with Gasteiger partial charge in [0, 0.05) is 21.6 Å². The number of amides is 1. The number of carbonyl (C=O) groups is 1. The van der Waals surface area contributed by atoms with Crippen LogP contribution in [0.3, 0.4) is 0 Å². The molecule has 18 heavy (non-hydrogen) atoms. The van der Waals surface area contributed by atoms with Gasteiger partial charge in [0.1, 0.15) is 0 Å². The summed E-state index contributed by atoms with van der Waals surface area (Å²) in [5, 5.41) is 0. The van der Waals surface area contributed by atoms with Gasteiger partial charge in [0.15, 0.2) is 0 Å². The van der Waals surface area contributed by atoms with Crippen LogP contribution >= 0.6 is 15.9 Å². The normalized spacial score (nSPS) is 11.8. The molecule has 0 saturated carbocycles. The van der Waals surface area contributed by atoms with Gasteiger partial charge in [0.25, 0.3) is 0 Å². The second-order valence-electron chi connectivity index (χ2n) is 5.95. The lowest BCUT2D eigenvalue weighted by molar-refractivity contribution is -0.126. The van der Waals surface area contributed by atoms with E-state index >= 15 is 0 Å². The molecule has 0 aromatic heterocycles. The highest BCUT2D eigenvalue weighted by molar-refractivity contribution is 9.10. The highest BCUT2D eigenvalue weighted by Crippen LogP contribution is 2.29. The number of halogens is 1. The maximum absolute atomic E-state index is 12.6. The highest BCUT2D eigenvalue weighted by Gasteiger charge is 2.30. The number of hydrogen-bond donors (Lipinski definition) is 0. The Hall–Kier alpha value is -0.830. The SMILES string of the molecule is Cc1cc(Br)ccc1N(C(=O)C(C)(C)C)C(C)C. The van der Waals surface area contributed by atoms with E-state index in [1.165, 1.54) is 0 Å². The number of rotatable bonds is 2. The number of nitrogens with zero attached hydrogens (tertiary/aromatic N) is 1. The number of benzene rings is 1. The van der Waals surface area contributed by atoms with E-state index in [2.05, 4.69) is 15.9 Å². The molecular weight excluding hydrogens is 290 g/mol. The van der Waals surface area contributed by atoms with Crippen LogP contribution in [-0.4, -0.2) is 11.9 Å². The predicted octanol–water partition coefficient (Wildman–Crippen LogP) is 4.55. The average Bonchev–Trinajstić information content (AvgIpc) is 2.19. The van der Waals surface area contributed by atoms with Gasteiger partial charge in [-0.2, -0.15) is 0 Å². The summed E-state index contributed by atoms with van der Waals surface area (Å²) in [6, 6.07) is 6.17. The molecule has 2 nitrogen and oxygen atoms in total. The van der Waals surface area contributed by atoms with E-state index < -0.39 is 0 Å². The molecule has 0 radical (unpaired) electrons. The summed E-state index contributed by atoms with van der Waals surface area (Å²) in [4.78, 5) is 14.4. The molecule has 0 saturated heterocycles. The summed E-state index contributed by atoms with van der Waals surface area (Å²) < 4.78 is 1.04. The standard InChI is InChI=1S/C15H22BrNO/c1-10(2)17(14(18)15(4,5)6)13-8-7-12(16)9-11(13)3/h7-10H,1-6H3. The van der Waals surface area contributed by atoms with Crippen molar-refractivity contribution in [2.75, 3.05) is 4.90 Å². The van der Waals surface area contributed by atoms with Crippen LogP contribution in [0.2, 0.25) is 0 Å². The molecule has 0 N–H and O–H groups in total. The Kier molecular flexibility index (Phi) is 4.60. The fourth-order valence-corrected chi connectivity index (χ4v) is 2.35. The maximum atomic E-state index is 12.6. The van der Waals surface area contributed by atoms with Crippen molar-refractivity contribution in [3.05, 3.63) is 28.2 Å². The largest absolute Gasteiger partial charge is 0.309 e. The molecule has 0 heterocycles. The smallest absolute Gasteiger partial charge is 0.232 e. The molecule has 1 aromatic rings. The van der Waals surface area contributed by atoms with Crippen molar-refractivity contribution in [1.29, 1.82) is 0 Å². The van der Waals surface area contributed by atoms with E-state index in [0.717, 1.165) is 15.7 Å². The predicted molar refractivity (Wildman–Crippen MR) is 81.0 cm³/mol. The Morgan fingerprint density at radius 3 is 2.22 bits per heavy atom. The van der Waals surface area contributed by atoms with Crippen molar-refractivity contribution in [3.8, 4) is 0 Å². The van der Waals surface area contributed by atoms with Crippen molar-refractivity contribution < 1.29 is 4.79 Å². The van der Waals surface area contributed by atoms with Crippen molar-refractivity contribution in [3.63, 3.8) is 0 Å². The molecule has 1 rings (SSSR count).